The van der Waals surface area contributed by atoms with Gasteiger partial charge in [-0.25, -0.2) is 13.6 Å². The maximum atomic E-state index is 13.2. The molecule has 20 heavy (non-hydrogen) atoms. The Morgan fingerprint density at radius 3 is 2.30 bits per heavy atom. The number of piperidine rings is 1. The number of aliphatic hydroxyl groups is 2. The summed E-state index contributed by atoms with van der Waals surface area (Å²) >= 11 is 0. The maximum Gasteiger partial charge on any atom is 0.314 e. The third-order valence-electron chi connectivity index (χ3n) is 4.11. The van der Waals surface area contributed by atoms with E-state index in [1.807, 2.05) is 0 Å². The number of rotatable bonds is 7. The van der Waals surface area contributed by atoms with Gasteiger partial charge >= 0.3 is 6.03 Å². The highest BCUT2D eigenvalue weighted by molar-refractivity contribution is 5.72. The van der Waals surface area contributed by atoms with Crippen LogP contribution in [0, 0.1) is 17.8 Å². The Balaban J connectivity index is 2.82. The van der Waals surface area contributed by atoms with Crippen molar-refractivity contribution in [3.63, 3.8) is 0 Å². The molecule has 5 nitrogen and oxygen atoms in total. The molecular weight excluding hydrogens is 270 g/mol. The van der Waals surface area contributed by atoms with Gasteiger partial charge in [0.25, 0.3) is 0 Å². The summed E-state index contributed by atoms with van der Waals surface area (Å²) in [5.41, 5.74) is 5.22. The number of urea groups is 1. The van der Waals surface area contributed by atoms with E-state index in [9.17, 15) is 13.6 Å². The Morgan fingerprint density at radius 1 is 1.20 bits per heavy atom. The van der Waals surface area contributed by atoms with Gasteiger partial charge in [-0.2, -0.15) is 0 Å². The molecule has 3 unspecified atom stereocenters. The number of hydrogen-bond donors (Lipinski definition) is 3. The molecule has 118 valence electrons. The minimum atomic E-state index is -2.52. The van der Waals surface area contributed by atoms with Crippen LogP contribution in [0.2, 0.25) is 0 Å². The smallest absolute Gasteiger partial charge is 0.314 e. The van der Waals surface area contributed by atoms with Gasteiger partial charge in [-0.3, -0.25) is 0 Å². The zero-order valence-electron chi connectivity index (χ0n) is 11.5. The van der Waals surface area contributed by atoms with Gasteiger partial charge in [-0.05, 0) is 37.5 Å². The molecule has 0 spiro atoms. The summed E-state index contributed by atoms with van der Waals surface area (Å²) in [5.74, 6) is -1.26. The highest BCUT2D eigenvalue weighted by Gasteiger charge is 2.41. The van der Waals surface area contributed by atoms with Gasteiger partial charge in [0.15, 0.2) is 0 Å². The molecule has 0 aromatic carbocycles. The number of likely N-dealkylation sites (tertiary alicyclic amines) is 1. The number of nitrogens with two attached hydrogens (primary N) is 1. The number of nitrogens with zero attached hydrogens (tertiary/aromatic N) is 1. The van der Waals surface area contributed by atoms with Crippen LogP contribution in [0.4, 0.5) is 13.6 Å². The molecule has 0 bridgehead atoms. The van der Waals surface area contributed by atoms with E-state index >= 15 is 0 Å². The van der Waals surface area contributed by atoms with Crippen molar-refractivity contribution >= 4 is 6.03 Å². The molecule has 1 fully saturated rings. The van der Waals surface area contributed by atoms with Crippen molar-refractivity contribution in [2.75, 3.05) is 26.3 Å². The van der Waals surface area contributed by atoms with Gasteiger partial charge in [-0.15, -0.1) is 0 Å². The third-order valence-corrected chi connectivity index (χ3v) is 4.11. The van der Waals surface area contributed by atoms with Gasteiger partial charge in [-0.1, -0.05) is 0 Å². The van der Waals surface area contributed by atoms with E-state index in [0.29, 0.717) is 32.2 Å². The van der Waals surface area contributed by atoms with Crippen molar-refractivity contribution in [3.05, 3.63) is 0 Å². The van der Waals surface area contributed by atoms with E-state index in [0.717, 1.165) is 0 Å². The zero-order chi connectivity index (χ0) is 15.1. The van der Waals surface area contributed by atoms with Gasteiger partial charge in [0.2, 0.25) is 6.43 Å². The minimum absolute atomic E-state index is 0.000856. The van der Waals surface area contributed by atoms with Gasteiger partial charge in [0, 0.05) is 32.2 Å². The largest absolute Gasteiger partial charge is 0.396 e. The Morgan fingerprint density at radius 2 is 1.80 bits per heavy atom. The second kappa shape index (κ2) is 8.36. The molecule has 0 aliphatic carbocycles. The lowest BCUT2D eigenvalue weighted by molar-refractivity contribution is -0.0303. The van der Waals surface area contributed by atoms with Crippen LogP contribution >= 0.6 is 0 Å². The molecule has 3 atom stereocenters. The average Bonchev–Trinajstić information content (AvgIpc) is 2.42. The average molecular weight is 294 g/mol. The molecular formula is C13H24F2N2O3. The first-order valence-corrected chi connectivity index (χ1v) is 7.05. The number of carbonyl (C=O) groups excluding carboxylic acids is 1. The molecule has 0 radical (unpaired) electrons. The normalized spacial score (nSPS) is 27.1. The van der Waals surface area contributed by atoms with E-state index in [-0.39, 0.29) is 31.6 Å². The lowest BCUT2D eigenvalue weighted by atomic mass is 9.73. The molecule has 7 heteroatoms. The second-order valence-corrected chi connectivity index (χ2v) is 5.40. The van der Waals surface area contributed by atoms with Crippen molar-refractivity contribution in [1.82, 2.24) is 4.90 Å². The summed E-state index contributed by atoms with van der Waals surface area (Å²) in [6.45, 7) is 0.297. The fourth-order valence-corrected chi connectivity index (χ4v) is 3.11. The van der Waals surface area contributed by atoms with Gasteiger partial charge in [0.1, 0.15) is 0 Å². The number of hydrogen-bond acceptors (Lipinski definition) is 3. The molecule has 0 aromatic heterocycles. The van der Waals surface area contributed by atoms with Crippen LogP contribution in [-0.2, 0) is 0 Å². The zero-order valence-corrected chi connectivity index (χ0v) is 11.5. The van der Waals surface area contributed by atoms with E-state index in [1.165, 1.54) is 4.90 Å². The molecule has 2 amide bonds. The van der Waals surface area contributed by atoms with E-state index < -0.39 is 18.4 Å². The van der Waals surface area contributed by atoms with Crippen LogP contribution in [0.25, 0.3) is 0 Å². The van der Waals surface area contributed by atoms with Crippen molar-refractivity contribution < 1.29 is 23.8 Å². The van der Waals surface area contributed by atoms with E-state index in [1.54, 1.807) is 0 Å². The SMILES string of the molecule is NC(=O)N1CC(CCCO)C(CCCO)C(C(F)F)C1. The van der Waals surface area contributed by atoms with Crippen LogP contribution in [0.1, 0.15) is 25.7 Å². The molecule has 1 aliphatic rings. The van der Waals surface area contributed by atoms with Gasteiger partial charge < -0.3 is 20.8 Å². The Hall–Kier alpha value is -0.950. The molecule has 1 rings (SSSR count). The van der Waals surface area contributed by atoms with E-state index in [2.05, 4.69) is 0 Å². The van der Waals surface area contributed by atoms with Crippen LogP contribution in [0.3, 0.4) is 0 Å². The molecule has 0 aromatic rings. The Bertz CT molecular complexity index is 305. The summed E-state index contributed by atoms with van der Waals surface area (Å²) in [5, 5.41) is 17.8. The predicted octanol–water partition coefficient (Wildman–Crippen LogP) is 1.04. The fraction of sp³-hybridized carbons (Fsp3) is 0.923. The number of amides is 2. The summed E-state index contributed by atoms with van der Waals surface area (Å²) in [4.78, 5) is 12.5. The van der Waals surface area contributed by atoms with Crippen LogP contribution in [-0.4, -0.2) is 53.9 Å². The Kier molecular flexibility index (Phi) is 7.15. The molecule has 0 saturated carbocycles. The lowest BCUT2D eigenvalue weighted by Gasteiger charge is -2.43. The number of carbonyl (C=O) groups is 1. The van der Waals surface area contributed by atoms with Crippen LogP contribution in [0.5, 0.6) is 0 Å². The number of alkyl halides is 2. The Labute approximate surface area is 117 Å². The molecule has 1 saturated heterocycles. The minimum Gasteiger partial charge on any atom is -0.396 e. The molecule has 4 N–H and O–H groups in total. The van der Waals surface area contributed by atoms with Gasteiger partial charge in [0.05, 0.1) is 0 Å². The lowest BCUT2D eigenvalue weighted by Crippen LogP contribution is -2.52. The van der Waals surface area contributed by atoms with Crippen molar-refractivity contribution in [1.29, 1.82) is 0 Å². The summed E-state index contributed by atoms with van der Waals surface area (Å²) in [6, 6.07) is -0.676. The number of primary amides is 1. The highest BCUT2D eigenvalue weighted by Crippen LogP contribution is 2.38. The third kappa shape index (κ3) is 4.56. The van der Waals surface area contributed by atoms with Crippen LogP contribution in [0.15, 0.2) is 0 Å². The molecule has 1 heterocycles. The maximum absolute atomic E-state index is 13.2. The highest BCUT2D eigenvalue weighted by atomic mass is 19.3. The van der Waals surface area contributed by atoms with E-state index in [4.69, 9.17) is 15.9 Å². The first kappa shape index (κ1) is 17.1. The van der Waals surface area contributed by atoms with Crippen molar-refractivity contribution in [3.8, 4) is 0 Å². The first-order valence-electron chi connectivity index (χ1n) is 7.05. The monoisotopic (exact) mass is 294 g/mol. The van der Waals surface area contributed by atoms with Crippen molar-refractivity contribution in [2.24, 2.45) is 23.5 Å². The fourth-order valence-electron chi connectivity index (χ4n) is 3.11. The summed E-state index contributed by atoms with van der Waals surface area (Å²) < 4.78 is 26.5. The van der Waals surface area contributed by atoms with Crippen molar-refractivity contribution in [2.45, 2.75) is 32.1 Å². The number of aliphatic hydroxyl groups excluding tert-OH is 2. The summed E-state index contributed by atoms with van der Waals surface area (Å²) in [6.07, 6.45) is -0.436. The quantitative estimate of drug-likeness (QED) is 0.655. The number of halogens is 2. The summed E-state index contributed by atoms with van der Waals surface area (Å²) in [7, 11) is 0. The first-order chi connectivity index (χ1) is 9.51. The topological polar surface area (TPSA) is 86.8 Å². The predicted molar refractivity (Wildman–Crippen MR) is 70.3 cm³/mol. The second-order valence-electron chi connectivity index (χ2n) is 5.40. The standard InChI is InChI=1S/C13H24F2N2O3/c14-12(15)11-8-17(13(16)20)7-9(3-1-5-18)10(11)4-2-6-19/h9-12,18-19H,1-8H2,(H2,16,20). The molecule has 1 aliphatic heterocycles. The van der Waals surface area contributed by atoms with Crippen LogP contribution < -0.4 is 5.73 Å².